The Hall–Kier alpha value is -0.370. The molecule has 0 saturated carbocycles. The van der Waals surface area contributed by atoms with Gasteiger partial charge >= 0.3 is 0 Å². The van der Waals surface area contributed by atoms with E-state index in [-0.39, 0.29) is 6.10 Å². The zero-order valence-electron chi connectivity index (χ0n) is 10.8. The third-order valence-corrected chi connectivity index (χ3v) is 3.48. The molecule has 0 radical (unpaired) electrons. The molecule has 1 rings (SSSR count). The number of ketones is 1. The van der Waals surface area contributed by atoms with Crippen LogP contribution in [0.1, 0.15) is 65.2 Å². The molecule has 16 heavy (non-hydrogen) atoms. The monoisotopic (exact) mass is 226 g/mol. The van der Waals surface area contributed by atoms with E-state index >= 15 is 0 Å². The molecule has 0 aromatic carbocycles. The van der Waals surface area contributed by atoms with Crippen LogP contribution in [0.3, 0.4) is 0 Å². The van der Waals surface area contributed by atoms with E-state index in [1.165, 1.54) is 32.1 Å². The number of carbonyl (C=O) groups excluding carboxylic acids is 1. The average molecular weight is 226 g/mol. The second-order valence-corrected chi connectivity index (χ2v) is 5.04. The Balaban J connectivity index is 2.02. The first-order chi connectivity index (χ1) is 7.75. The molecule has 0 amide bonds. The summed E-state index contributed by atoms with van der Waals surface area (Å²) in [6, 6.07) is 0. The Kier molecular flexibility index (Phi) is 6.70. The van der Waals surface area contributed by atoms with Crippen molar-refractivity contribution in [3.05, 3.63) is 0 Å². The highest BCUT2D eigenvalue weighted by atomic mass is 16.5. The van der Waals surface area contributed by atoms with Crippen LogP contribution in [-0.4, -0.2) is 18.5 Å². The Morgan fingerprint density at radius 1 is 1.19 bits per heavy atom. The summed E-state index contributed by atoms with van der Waals surface area (Å²) in [5.74, 6) is 0.771. The van der Waals surface area contributed by atoms with Crippen molar-refractivity contribution in [3.8, 4) is 0 Å². The highest BCUT2D eigenvalue weighted by Gasteiger charge is 2.29. The van der Waals surface area contributed by atoms with Crippen molar-refractivity contribution in [2.75, 3.05) is 6.61 Å². The lowest BCUT2D eigenvalue weighted by atomic mass is 9.97. The molecule has 0 N–H and O–H groups in total. The Labute approximate surface area is 99.8 Å². The van der Waals surface area contributed by atoms with Gasteiger partial charge in [0.1, 0.15) is 6.10 Å². The number of unbranched alkanes of at least 4 members (excludes halogenated alkanes) is 5. The summed E-state index contributed by atoms with van der Waals surface area (Å²) in [5.41, 5.74) is 0. The molecule has 0 bridgehead atoms. The van der Waals surface area contributed by atoms with Crippen molar-refractivity contribution in [3.63, 3.8) is 0 Å². The summed E-state index contributed by atoms with van der Waals surface area (Å²) < 4.78 is 5.47. The zero-order valence-corrected chi connectivity index (χ0v) is 10.8. The van der Waals surface area contributed by atoms with E-state index in [1.807, 2.05) is 0 Å². The van der Waals surface area contributed by atoms with Gasteiger partial charge in [-0.1, -0.05) is 46.0 Å². The first kappa shape index (κ1) is 13.7. The molecule has 0 aliphatic carbocycles. The van der Waals surface area contributed by atoms with Crippen LogP contribution < -0.4 is 0 Å². The lowest BCUT2D eigenvalue weighted by molar-refractivity contribution is -0.129. The van der Waals surface area contributed by atoms with Crippen molar-refractivity contribution in [2.24, 2.45) is 5.92 Å². The number of Topliss-reactive ketones (excluding diaryl/α,β-unsaturated/α-hetero) is 1. The number of hydrogen-bond acceptors (Lipinski definition) is 2. The van der Waals surface area contributed by atoms with Crippen LogP contribution in [0, 0.1) is 5.92 Å². The van der Waals surface area contributed by atoms with Gasteiger partial charge in [0.15, 0.2) is 5.78 Å². The zero-order chi connectivity index (χ0) is 11.8. The van der Waals surface area contributed by atoms with Crippen molar-refractivity contribution < 1.29 is 9.53 Å². The summed E-state index contributed by atoms with van der Waals surface area (Å²) >= 11 is 0. The second kappa shape index (κ2) is 7.83. The van der Waals surface area contributed by atoms with E-state index in [9.17, 15) is 4.79 Å². The maximum absolute atomic E-state index is 11.8. The van der Waals surface area contributed by atoms with E-state index in [1.54, 1.807) is 0 Å². The molecule has 1 heterocycles. The molecule has 1 fully saturated rings. The van der Waals surface area contributed by atoms with Gasteiger partial charge in [-0.05, 0) is 18.8 Å². The van der Waals surface area contributed by atoms with E-state index < -0.39 is 0 Å². The lowest BCUT2D eigenvalue weighted by Crippen LogP contribution is -2.24. The molecule has 0 aromatic heterocycles. The molecular formula is C14H26O2. The first-order valence-corrected chi connectivity index (χ1v) is 6.90. The number of rotatable bonds is 8. The van der Waals surface area contributed by atoms with E-state index in [2.05, 4.69) is 13.8 Å². The van der Waals surface area contributed by atoms with Gasteiger partial charge in [0.2, 0.25) is 0 Å². The predicted molar refractivity (Wildman–Crippen MR) is 66.5 cm³/mol. The average Bonchev–Trinajstić information content (AvgIpc) is 2.69. The molecule has 2 atom stereocenters. The van der Waals surface area contributed by atoms with Gasteiger partial charge in [-0.2, -0.15) is 0 Å². The maximum atomic E-state index is 11.8. The fraction of sp³-hybridized carbons (Fsp3) is 0.929. The van der Waals surface area contributed by atoms with Gasteiger partial charge in [-0.25, -0.2) is 0 Å². The lowest BCUT2D eigenvalue weighted by Gasteiger charge is -2.12. The van der Waals surface area contributed by atoms with Gasteiger partial charge in [0.05, 0.1) is 0 Å². The quantitative estimate of drug-likeness (QED) is 0.589. The molecule has 1 aliphatic rings. The summed E-state index contributed by atoms with van der Waals surface area (Å²) in [5, 5.41) is 0. The topological polar surface area (TPSA) is 26.3 Å². The van der Waals surface area contributed by atoms with Crippen molar-refractivity contribution in [1.29, 1.82) is 0 Å². The minimum Gasteiger partial charge on any atom is -0.370 e. The minimum atomic E-state index is -0.0874. The molecule has 2 unspecified atom stereocenters. The second-order valence-electron chi connectivity index (χ2n) is 5.04. The number of carbonyl (C=O) groups is 1. The van der Waals surface area contributed by atoms with Gasteiger partial charge in [0, 0.05) is 13.0 Å². The standard InChI is InChI=1S/C14H26O2/c1-3-4-5-6-7-8-9-13(15)14-12(2)10-11-16-14/h12,14H,3-11H2,1-2H3. The third-order valence-electron chi connectivity index (χ3n) is 3.48. The van der Waals surface area contributed by atoms with Gasteiger partial charge in [0.25, 0.3) is 0 Å². The molecule has 1 saturated heterocycles. The number of hydrogen-bond donors (Lipinski definition) is 0. The van der Waals surface area contributed by atoms with Crippen molar-refractivity contribution in [1.82, 2.24) is 0 Å². The predicted octanol–water partition coefficient (Wildman–Crippen LogP) is 3.73. The smallest absolute Gasteiger partial charge is 0.161 e. The van der Waals surface area contributed by atoms with Crippen LogP contribution in [0.5, 0.6) is 0 Å². The molecular weight excluding hydrogens is 200 g/mol. The molecule has 2 nitrogen and oxygen atoms in total. The van der Waals surface area contributed by atoms with Gasteiger partial charge < -0.3 is 4.74 Å². The van der Waals surface area contributed by atoms with Crippen molar-refractivity contribution >= 4 is 5.78 Å². The van der Waals surface area contributed by atoms with E-state index in [4.69, 9.17) is 4.74 Å². The Morgan fingerprint density at radius 2 is 1.88 bits per heavy atom. The van der Waals surface area contributed by atoms with Crippen LogP contribution in [0.4, 0.5) is 0 Å². The molecule has 94 valence electrons. The fourth-order valence-corrected chi connectivity index (χ4v) is 2.33. The molecule has 0 aromatic rings. The number of ether oxygens (including phenoxy) is 1. The third kappa shape index (κ3) is 4.65. The first-order valence-electron chi connectivity index (χ1n) is 6.90. The molecule has 2 heteroatoms. The fourth-order valence-electron chi connectivity index (χ4n) is 2.33. The molecule has 0 spiro atoms. The molecule has 1 aliphatic heterocycles. The van der Waals surface area contributed by atoms with Crippen LogP contribution in [0.2, 0.25) is 0 Å². The largest absolute Gasteiger partial charge is 0.370 e. The van der Waals surface area contributed by atoms with E-state index in [0.717, 1.165) is 25.9 Å². The Morgan fingerprint density at radius 3 is 2.50 bits per heavy atom. The van der Waals surface area contributed by atoms with Gasteiger partial charge in [-0.15, -0.1) is 0 Å². The normalized spacial score (nSPS) is 24.9. The summed E-state index contributed by atoms with van der Waals surface area (Å²) in [6.07, 6.45) is 9.15. The van der Waals surface area contributed by atoms with E-state index in [0.29, 0.717) is 11.7 Å². The summed E-state index contributed by atoms with van der Waals surface area (Å²) in [6.45, 7) is 5.12. The van der Waals surface area contributed by atoms with Crippen molar-refractivity contribution in [2.45, 2.75) is 71.3 Å². The minimum absolute atomic E-state index is 0.0874. The Bertz CT molecular complexity index is 201. The van der Waals surface area contributed by atoms with Gasteiger partial charge in [-0.3, -0.25) is 4.79 Å². The SMILES string of the molecule is CCCCCCCCC(=O)C1OCCC1C. The maximum Gasteiger partial charge on any atom is 0.161 e. The summed E-state index contributed by atoms with van der Waals surface area (Å²) in [4.78, 5) is 11.8. The van der Waals surface area contributed by atoms with Crippen LogP contribution >= 0.6 is 0 Å². The van der Waals surface area contributed by atoms with Crippen LogP contribution in [0.15, 0.2) is 0 Å². The summed E-state index contributed by atoms with van der Waals surface area (Å²) in [7, 11) is 0. The highest BCUT2D eigenvalue weighted by Crippen LogP contribution is 2.22. The highest BCUT2D eigenvalue weighted by molar-refractivity contribution is 5.83. The van der Waals surface area contributed by atoms with Crippen LogP contribution in [0.25, 0.3) is 0 Å². The van der Waals surface area contributed by atoms with Crippen LogP contribution in [-0.2, 0) is 9.53 Å².